The molecule has 1 aromatic carbocycles. The van der Waals surface area contributed by atoms with Crippen LogP contribution in [0.2, 0.25) is 0 Å². The summed E-state index contributed by atoms with van der Waals surface area (Å²) in [5.41, 5.74) is 1.93. The number of Topliss-reactive ketones (excluding diaryl/α,β-unsaturated/α-hetero) is 1. The second-order valence-corrected chi connectivity index (χ2v) is 5.51. The number of ketones is 1. The van der Waals surface area contributed by atoms with E-state index in [1.54, 1.807) is 25.3 Å². The first kappa shape index (κ1) is 13.8. The minimum atomic E-state index is -0.495. The van der Waals surface area contributed by atoms with Crippen LogP contribution in [-0.4, -0.2) is 37.9 Å². The molecule has 0 radical (unpaired) electrons. The third kappa shape index (κ3) is 2.69. The molecule has 1 aromatic rings. The number of nitrogens with zero attached hydrogens (tertiary/aromatic N) is 1. The number of nitrogens with one attached hydrogen (secondary N) is 1. The van der Waals surface area contributed by atoms with Crippen LogP contribution in [0.15, 0.2) is 30.4 Å². The van der Waals surface area contributed by atoms with Crippen molar-refractivity contribution in [2.45, 2.75) is 18.9 Å². The maximum Gasteiger partial charge on any atom is 0.299 e. The fourth-order valence-corrected chi connectivity index (χ4v) is 2.41. The Labute approximate surface area is 123 Å². The van der Waals surface area contributed by atoms with Crippen molar-refractivity contribution in [2.75, 3.05) is 25.1 Å². The second kappa shape index (κ2) is 5.33. The number of carbonyl (C=O) groups is 2. The maximum absolute atomic E-state index is 12.1. The molecule has 0 spiro atoms. The Hall–Kier alpha value is -2.14. The molecule has 21 heavy (non-hydrogen) atoms. The summed E-state index contributed by atoms with van der Waals surface area (Å²) in [7, 11) is 1.56. The van der Waals surface area contributed by atoms with Crippen molar-refractivity contribution in [3.05, 3.63) is 35.9 Å². The van der Waals surface area contributed by atoms with Crippen molar-refractivity contribution >= 4 is 17.4 Å². The summed E-state index contributed by atoms with van der Waals surface area (Å²) in [5, 5.41) is 3.36. The molecule has 0 atom stereocenters. The van der Waals surface area contributed by atoms with Crippen molar-refractivity contribution in [2.24, 2.45) is 0 Å². The number of benzene rings is 1. The van der Waals surface area contributed by atoms with Gasteiger partial charge >= 0.3 is 0 Å². The molecule has 1 fully saturated rings. The van der Waals surface area contributed by atoms with E-state index in [9.17, 15) is 9.59 Å². The molecule has 0 unspecified atom stereocenters. The highest BCUT2D eigenvalue weighted by Crippen LogP contribution is 2.32. The van der Waals surface area contributed by atoms with E-state index in [2.05, 4.69) is 11.9 Å². The molecule has 3 rings (SSSR count). The zero-order valence-electron chi connectivity index (χ0n) is 12.0. The van der Waals surface area contributed by atoms with Crippen LogP contribution in [0, 0.1) is 0 Å². The molecule has 0 saturated heterocycles. The monoisotopic (exact) mass is 286 g/mol. The van der Waals surface area contributed by atoms with Gasteiger partial charge in [0.05, 0.1) is 18.4 Å². The van der Waals surface area contributed by atoms with Gasteiger partial charge in [0.1, 0.15) is 5.75 Å². The predicted molar refractivity (Wildman–Crippen MR) is 79.8 cm³/mol. The lowest BCUT2D eigenvalue weighted by molar-refractivity contribution is -0.114. The Morgan fingerprint density at radius 3 is 2.86 bits per heavy atom. The van der Waals surface area contributed by atoms with Crippen molar-refractivity contribution < 1.29 is 14.3 Å². The summed E-state index contributed by atoms with van der Waals surface area (Å²) in [6, 6.07) is 5.64. The number of ether oxygens (including phenoxy) is 1. The van der Waals surface area contributed by atoms with E-state index in [1.807, 2.05) is 0 Å². The fourth-order valence-electron chi connectivity index (χ4n) is 2.41. The van der Waals surface area contributed by atoms with E-state index < -0.39 is 11.7 Å². The molecule has 110 valence electrons. The van der Waals surface area contributed by atoms with Crippen LogP contribution in [0.4, 0.5) is 5.69 Å². The molecule has 2 aliphatic rings. The number of amides is 1. The Morgan fingerprint density at radius 2 is 2.19 bits per heavy atom. The van der Waals surface area contributed by atoms with Crippen molar-refractivity contribution in [1.82, 2.24) is 5.32 Å². The van der Waals surface area contributed by atoms with Gasteiger partial charge in [0.15, 0.2) is 0 Å². The number of methoxy groups -OCH3 is 1. The van der Waals surface area contributed by atoms with Gasteiger partial charge in [-0.1, -0.05) is 6.58 Å². The van der Waals surface area contributed by atoms with Gasteiger partial charge in [0.2, 0.25) is 0 Å². The van der Waals surface area contributed by atoms with Gasteiger partial charge in [0, 0.05) is 25.2 Å². The van der Waals surface area contributed by atoms with Gasteiger partial charge in [-0.15, -0.1) is 0 Å². The van der Waals surface area contributed by atoms with Crippen molar-refractivity contribution in [3.63, 3.8) is 0 Å². The first-order valence-electron chi connectivity index (χ1n) is 7.04. The molecule has 1 amide bonds. The molecule has 0 bridgehead atoms. The smallest absolute Gasteiger partial charge is 0.299 e. The Morgan fingerprint density at radius 1 is 1.43 bits per heavy atom. The lowest BCUT2D eigenvalue weighted by Crippen LogP contribution is -2.33. The lowest BCUT2D eigenvalue weighted by Gasteiger charge is -2.18. The van der Waals surface area contributed by atoms with E-state index in [0.717, 1.165) is 5.57 Å². The lowest BCUT2D eigenvalue weighted by atomic mass is 10.1. The van der Waals surface area contributed by atoms with Crippen LogP contribution >= 0.6 is 0 Å². The van der Waals surface area contributed by atoms with Gasteiger partial charge < -0.3 is 15.0 Å². The van der Waals surface area contributed by atoms with Crippen molar-refractivity contribution in [3.8, 4) is 5.75 Å². The minimum absolute atomic E-state index is 0.352. The zero-order chi connectivity index (χ0) is 15.0. The van der Waals surface area contributed by atoms with E-state index in [1.165, 1.54) is 17.7 Å². The third-order valence-corrected chi connectivity index (χ3v) is 3.78. The number of carbonyl (C=O) groups excluding carboxylic acids is 2. The van der Waals surface area contributed by atoms with Crippen LogP contribution < -0.4 is 15.0 Å². The number of fused-ring (bicyclic) bond motifs is 1. The molecule has 1 aliphatic carbocycles. The van der Waals surface area contributed by atoms with Gasteiger partial charge in [-0.3, -0.25) is 9.59 Å². The highest BCUT2D eigenvalue weighted by Gasteiger charge is 2.36. The first-order valence-corrected chi connectivity index (χ1v) is 7.04. The number of hydrogen-bond acceptors (Lipinski definition) is 4. The molecule has 5 heteroatoms. The maximum atomic E-state index is 12.1. The molecule has 1 N–H and O–H groups in total. The summed E-state index contributed by atoms with van der Waals surface area (Å²) in [6.07, 6.45) is 2.41. The molecule has 0 aromatic heterocycles. The summed E-state index contributed by atoms with van der Waals surface area (Å²) in [4.78, 5) is 25.6. The van der Waals surface area contributed by atoms with Crippen LogP contribution in [0.25, 0.3) is 0 Å². The van der Waals surface area contributed by atoms with Crippen LogP contribution in [0.5, 0.6) is 5.75 Å². The second-order valence-electron chi connectivity index (χ2n) is 5.51. The topological polar surface area (TPSA) is 58.6 Å². The van der Waals surface area contributed by atoms with Gasteiger partial charge in [0.25, 0.3) is 11.7 Å². The highest BCUT2D eigenvalue weighted by molar-refractivity contribution is 6.52. The highest BCUT2D eigenvalue weighted by atomic mass is 16.5. The van der Waals surface area contributed by atoms with Crippen molar-refractivity contribution in [1.29, 1.82) is 0 Å². The Bertz CT molecular complexity index is 620. The quantitative estimate of drug-likeness (QED) is 0.636. The van der Waals surface area contributed by atoms with Gasteiger partial charge in [-0.05, 0) is 30.5 Å². The third-order valence-electron chi connectivity index (χ3n) is 3.78. The number of hydrogen-bond donors (Lipinski definition) is 1. The van der Waals surface area contributed by atoms with Gasteiger partial charge in [-0.2, -0.15) is 0 Å². The SMILES string of the molecule is C=C(CNC1CC1)CN1C(=O)C(=O)c2ccc(OC)cc21. The van der Waals surface area contributed by atoms with Crippen LogP contribution in [0.1, 0.15) is 23.2 Å². The molecule has 1 aliphatic heterocycles. The van der Waals surface area contributed by atoms with E-state index in [4.69, 9.17) is 4.74 Å². The summed E-state index contributed by atoms with van der Waals surface area (Å²) in [6.45, 7) is 5.01. The molecule has 1 saturated carbocycles. The Kier molecular flexibility index (Phi) is 3.51. The van der Waals surface area contributed by atoms with Crippen LogP contribution in [-0.2, 0) is 4.79 Å². The predicted octanol–water partition coefficient (Wildman–Crippen LogP) is 1.53. The first-order chi connectivity index (χ1) is 10.1. The largest absolute Gasteiger partial charge is 0.497 e. The number of rotatable bonds is 6. The van der Waals surface area contributed by atoms with E-state index in [0.29, 0.717) is 36.1 Å². The van der Waals surface area contributed by atoms with E-state index in [-0.39, 0.29) is 0 Å². The van der Waals surface area contributed by atoms with E-state index >= 15 is 0 Å². The minimum Gasteiger partial charge on any atom is -0.497 e. The summed E-state index contributed by atoms with van der Waals surface area (Å²) in [5.74, 6) is -0.329. The average molecular weight is 286 g/mol. The Balaban J connectivity index is 1.77. The molecular weight excluding hydrogens is 268 g/mol. The van der Waals surface area contributed by atoms with Crippen LogP contribution in [0.3, 0.4) is 0 Å². The van der Waals surface area contributed by atoms with Gasteiger partial charge in [-0.25, -0.2) is 0 Å². The summed E-state index contributed by atoms with van der Waals surface area (Å²) < 4.78 is 5.17. The fraction of sp³-hybridized carbons (Fsp3) is 0.375. The average Bonchev–Trinajstić information content (AvgIpc) is 3.29. The number of anilines is 1. The normalized spacial score (nSPS) is 17.1. The zero-order valence-corrected chi connectivity index (χ0v) is 12.0. The molecular formula is C16H18N2O3. The summed E-state index contributed by atoms with van der Waals surface area (Å²) >= 11 is 0. The molecule has 5 nitrogen and oxygen atoms in total. The molecule has 1 heterocycles. The standard InChI is InChI=1S/C16H18N2O3/c1-10(8-17-11-3-4-11)9-18-14-7-12(21-2)5-6-13(14)15(19)16(18)20/h5-7,11,17H,1,3-4,8-9H2,2H3.